The van der Waals surface area contributed by atoms with Gasteiger partial charge in [0.15, 0.2) is 0 Å². The van der Waals surface area contributed by atoms with Crippen LogP contribution in [0.1, 0.15) is 31.9 Å². The quantitative estimate of drug-likeness (QED) is 0.899. The van der Waals surface area contributed by atoms with Crippen LogP contribution in [0.4, 0.5) is 0 Å². The Morgan fingerprint density at radius 3 is 2.32 bits per heavy atom. The Morgan fingerprint density at radius 1 is 1.21 bits per heavy atom. The average Bonchev–Trinajstić information content (AvgIpc) is 2.26. The molecule has 108 valence electrons. The van der Waals surface area contributed by atoms with Crippen molar-refractivity contribution < 1.29 is 8.42 Å². The van der Waals surface area contributed by atoms with Crippen LogP contribution in [0.15, 0.2) is 24.3 Å². The number of rotatable bonds is 5. The Bertz CT molecular complexity index is 518. The summed E-state index contributed by atoms with van der Waals surface area (Å²) in [6, 6.07) is 7.71. The smallest absolute Gasteiger partial charge is 0.214 e. The predicted octanol–water partition coefficient (Wildman–Crippen LogP) is 1.95. The number of hydrogen-bond acceptors (Lipinski definition) is 3. The van der Waals surface area contributed by atoms with E-state index >= 15 is 0 Å². The van der Waals surface area contributed by atoms with E-state index in [0.29, 0.717) is 13.1 Å². The van der Waals surface area contributed by atoms with Gasteiger partial charge in [-0.15, -0.1) is 0 Å². The van der Waals surface area contributed by atoms with Crippen molar-refractivity contribution in [3.05, 3.63) is 35.4 Å². The van der Waals surface area contributed by atoms with E-state index in [2.05, 4.69) is 0 Å². The first kappa shape index (κ1) is 16.1. The molecule has 0 saturated carbocycles. The van der Waals surface area contributed by atoms with E-state index < -0.39 is 10.0 Å². The maximum Gasteiger partial charge on any atom is 0.214 e. The number of benzene rings is 1. The zero-order valence-electron chi connectivity index (χ0n) is 12.2. The van der Waals surface area contributed by atoms with E-state index in [1.807, 2.05) is 45.0 Å². The van der Waals surface area contributed by atoms with Gasteiger partial charge < -0.3 is 5.73 Å². The second-order valence-electron chi connectivity index (χ2n) is 6.10. The summed E-state index contributed by atoms with van der Waals surface area (Å²) < 4.78 is 25.8. The fourth-order valence-electron chi connectivity index (χ4n) is 1.87. The molecule has 0 aliphatic rings. The summed E-state index contributed by atoms with van der Waals surface area (Å²) in [5.74, 6) is 0.146. The highest BCUT2D eigenvalue weighted by Crippen LogP contribution is 2.19. The van der Waals surface area contributed by atoms with Crippen LogP contribution in [-0.4, -0.2) is 25.5 Å². The van der Waals surface area contributed by atoms with Gasteiger partial charge in [-0.25, -0.2) is 12.7 Å². The lowest BCUT2D eigenvalue weighted by atomic mass is 10.0. The van der Waals surface area contributed by atoms with E-state index in [0.717, 1.165) is 11.1 Å². The normalized spacial score (nSPS) is 12.9. The van der Waals surface area contributed by atoms with Crippen molar-refractivity contribution >= 4 is 10.0 Å². The highest BCUT2D eigenvalue weighted by Gasteiger charge is 2.25. The standard InChI is InChI=1S/C14H24N2O2S/c1-14(2,3)11-19(17,18)16(4)10-13-7-5-6-12(8-13)9-15/h5-8H,9-11,15H2,1-4H3. The van der Waals surface area contributed by atoms with Crippen molar-refractivity contribution in [2.45, 2.75) is 33.9 Å². The summed E-state index contributed by atoms with van der Waals surface area (Å²) in [6.07, 6.45) is 0. The molecule has 0 aromatic heterocycles. The van der Waals surface area contributed by atoms with Crippen LogP contribution in [0, 0.1) is 5.41 Å². The molecule has 0 aliphatic heterocycles. The first-order valence-corrected chi connectivity index (χ1v) is 7.97. The Morgan fingerprint density at radius 2 is 1.79 bits per heavy atom. The average molecular weight is 284 g/mol. The maximum atomic E-state index is 12.2. The largest absolute Gasteiger partial charge is 0.326 e. The number of sulfonamides is 1. The van der Waals surface area contributed by atoms with Crippen LogP contribution in [0.2, 0.25) is 0 Å². The molecule has 19 heavy (non-hydrogen) atoms. The van der Waals surface area contributed by atoms with E-state index in [4.69, 9.17) is 5.73 Å². The topological polar surface area (TPSA) is 63.4 Å². The number of nitrogens with two attached hydrogens (primary N) is 1. The highest BCUT2D eigenvalue weighted by molar-refractivity contribution is 7.89. The zero-order chi connectivity index (χ0) is 14.7. The molecular weight excluding hydrogens is 260 g/mol. The van der Waals surface area contributed by atoms with Crippen molar-refractivity contribution in [2.75, 3.05) is 12.8 Å². The minimum absolute atomic E-state index is 0.146. The summed E-state index contributed by atoms with van der Waals surface area (Å²) in [4.78, 5) is 0. The van der Waals surface area contributed by atoms with Gasteiger partial charge in [0.25, 0.3) is 0 Å². The third-order valence-corrected chi connectivity index (χ3v) is 5.03. The first-order chi connectivity index (χ1) is 8.64. The molecule has 5 heteroatoms. The molecule has 1 rings (SSSR count). The van der Waals surface area contributed by atoms with Crippen LogP contribution < -0.4 is 5.73 Å². The molecule has 4 nitrogen and oxygen atoms in total. The lowest BCUT2D eigenvalue weighted by molar-refractivity contribution is 0.419. The van der Waals surface area contributed by atoms with E-state index in [1.165, 1.54) is 4.31 Å². The molecule has 0 fully saturated rings. The molecule has 0 aliphatic carbocycles. The lowest BCUT2D eigenvalue weighted by Gasteiger charge is -2.24. The van der Waals surface area contributed by atoms with Crippen molar-refractivity contribution in [1.29, 1.82) is 0 Å². The summed E-state index contributed by atoms with van der Waals surface area (Å²) in [7, 11) is -1.61. The Labute approximate surface area is 116 Å². The molecule has 0 unspecified atom stereocenters. The fraction of sp³-hybridized carbons (Fsp3) is 0.571. The molecule has 1 aromatic rings. The van der Waals surface area contributed by atoms with Gasteiger partial charge in [-0.05, 0) is 16.5 Å². The molecule has 0 radical (unpaired) electrons. The van der Waals surface area contributed by atoms with Gasteiger partial charge in [-0.2, -0.15) is 0 Å². The summed E-state index contributed by atoms with van der Waals surface area (Å²) in [5, 5.41) is 0. The van der Waals surface area contributed by atoms with Gasteiger partial charge in [0.1, 0.15) is 0 Å². The van der Waals surface area contributed by atoms with Crippen molar-refractivity contribution in [3.63, 3.8) is 0 Å². The molecule has 0 spiro atoms. The molecule has 0 heterocycles. The third kappa shape index (κ3) is 5.30. The third-order valence-electron chi connectivity index (χ3n) is 2.72. The van der Waals surface area contributed by atoms with Gasteiger partial charge in [-0.1, -0.05) is 45.0 Å². The van der Waals surface area contributed by atoms with E-state index in [-0.39, 0.29) is 11.2 Å². The maximum absolute atomic E-state index is 12.2. The lowest BCUT2D eigenvalue weighted by Crippen LogP contribution is -2.33. The monoisotopic (exact) mass is 284 g/mol. The zero-order valence-corrected chi connectivity index (χ0v) is 13.0. The SMILES string of the molecule is CN(Cc1cccc(CN)c1)S(=O)(=O)CC(C)(C)C. The number of nitrogens with zero attached hydrogens (tertiary/aromatic N) is 1. The van der Waals surface area contributed by atoms with Crippen LogP contribution in [0.3, 0.4) is 0 Å². The molecule has 1 aromatic carbocycles. The van der Waals surface area contributed by atoms with Gasteiger partial charge in [0.05, 0.1) is 5.75 Å². The molecule has 2 N–H and O–H groups in total. The van der Waals surface area contributed by atoms with Gasteiger partial charge in [0, 0.05) is 20.1 Å². The second kappa shape index (κ2) is 6.03. The minimum atomic E-state index is -3.23. The van der Waals surface area contributed by atoms with Gasteiger partial charge in [-0.3, -0.25) is 0 Å². The van der Waals surface area contributed by atoms with Crippen molar-refractivity contribution in [3.8, 4) is 0 Å². The molecule has 0 atom stereocenters. The van der Waals surface area contributed by atoms with Gasteiger partial charge in [0.2, 0.25) is 10.0 Å². The number of hydrogen-bond donors (Lipinski definition) is 1. The molecule has 0 amide bonds. The molecule has 0 bridgehead atoms. The van der Waals surface area contributed by atoms with E-state index in [9.17, 15) is 8.42 Å². The fourth-order valence-corrected chi connectivity index (χ4v) is 3.53. The van der Waals surface area contributed by atoms with Crippen molar-refractivity contribution in [1.82, 2.24) is 4.31 Å². The minimum Gasteiger partial charge on any atom is -0.326 e. The van der Waals surface area contributed by atoms with Crippen molar-refractivity contribution in [2.24, 2.45) is 11.1 Å². The summed E-state index contributed by atoms with van der Waals surface area (Å²) >= 11 is 0. The van der Waals surface area contributed by atoms with Gasteiger partial charge >= 0.3 is 0 Å². The van der Waals surface area contributed by atoms with Crippen LogP contribution >= 0.6 is 0 Å². The van der Waals surface area contributed by atoms with E-state index in [1.54, 1.807) is 7.05 Å². The summed E-state index contributed by atoms with van der Waals surface area (Å²) in [6.45, 7) is 6.62. The Kier molecular flexibility index (Phi) is 5.12. The Hall–Kier alpha value is -0.910. The van der Waals surface area contributed by atoms with Crippen LogP contribution in [0.25, 0.3) is 0 Å². The van der Waals surface area contributed by atoms with Crippen LogP contribution in [-0.2, 0) is 23.1 Å². The highest BCUT2D eigenvalue weighted by atomic mass is 32.2. The predicted molar refractivity (Wildman–Crippen MR) is 79.0 cm³/mol. The second-order valence-corrected chi connectivity index (χ2v) is 8.17. The first-order valence-electron chi connectivity index (χ1n) is 6.36. The molecule has 0 saturated heterocycles. The van der Waals surface area contributed by atoms with Crippen LogP contribution in [0.5, 0.6) is 0 Å². The summed E-state index contributed by atoms with van der Waals surface area (Å²) in [5.41, 5.74) is 7.32. The Balaban J connectivity index is 2.81. The molecular formula is C14H24N2O2S.